The second-order valence-corrected chi connectivity index (χ2v) is 6.82. The number of fused-ring (bicyclic) bond motifs is 1. The van der Waals surface area contributed by atoms with Crippen molar-refractivity contribution in [3.8, 4) is 5.75 Å². The van der Waals surface area contributed by atoms with Gasteiger partial charge in [-0.05, 0) is 24.6 Å². The second-order valence-electron chi connectivity index (χ2n) is 5.81. The number of para-hydroxylation sites is 1. The molecule has 0 atom stereocenters. The smallest absolute Gasteiger partial charge is 0.186 e. The van der Waals surface area contributed by atoms with E-state index >= 15 is 0 Å². The Bertz CT molecular complexity index is 803. The van der Waals surface area contributed by atoms with Crippen molar-refractivity contribution in [2.45, 2.75) is 13.5 Å². The molecule has 1 aliphatic rings. The number of rotatable bonds is 4. The summed E-state index contributed by atoms with van der Waals surface area (Å²) in [5, 5.41) is 5.45. The number of methoxy groups -OCH3 is 1. The number of thiazole rings is 1. The quantitative estimate of drug-likeness (QED) is 0.742. The van der Waals surface area contributed by atoms with Crippen LogP contribution >= 0.6 is 11.3 Å². The first kappa shape index (κ1) is 13.6. The lowest BCUT2D eigenvalue weighted by molar-refractivity contribution is 0.342. The number of hydrogen-bond acceptors (Lipinski definition) is 5. The predicted molar refractivity (Wildman–Crippen MR) is 88.8 cm³/mol. The van der Waals surface area contributed by atoms with E-state index in [1.165, 1.54) is 10.3 Å². The van der Waals surface area contributed by atoms with Gasteiger partial charge in [-0.3, -0.25) is 4.68 Å². The molecular weight excluding hydrogens is 296 g/mol. The highest BCUT2D eigenvalue weighted by atomic mass is 32.1. The first-order chi connectivity index (χ1) is 10.7. The highest BCUT2D eigenvalue weighted by molar-refractivity contribution is 7.22. The van der Waals surface area contributed by atoms with Crippen LogP contribution < -0.4 is 9.64 Å². The average molecular weight is 314 g/mol. The zero-order chi connectivity index (χ0) is 15.1. The maximum Gasteiger partial charge on any atom is 0.186 e. The summed E-state index contributed by atoms with van der Waals surface area (Å²) in [6.07, 6.45) is 4.02. The highest BCUT2D eigenvalue weighted by Crippen LogP contribution is 2.36. The van der Waals surface area contributed by atoms with E-state index < -0.39 is 0 Å². The lowest BCUT2D eigenvalue weighted by atomic mass is 10.0. The summed E-state index contributed by atoms with van der Waals surface area (Å²) in [6.45, 7) is 5.14. The zero-order valence-corrected chi connectivity index (χ0v) is 13.5. The van der Waals surface area contributed by atoms with Crippen molar-refractivity contribution in [3.63, 3.8) is 0 Å². The third-order valence-corrected chi connectivity index (χ3v) is 5.11. The van der Waals surface area contributed by atoms with Gasteiger partial charge in [-0.2, -0.15) is 5.10 Å². The molecule has 3 heterocycles. The van der Waals surface area contributed by atoms with Gasteiger partial charge in [0.05, 0.1) is 18.0 Å². The van der Waals surface area contributed by atoms with E-state index in [1.807, 2.05) is 23.0 Å². The molecule has 1 fully saturated rings. The predicted octanol–water partition coefficient (Wildman–Crippen LogP) is 2.95. The van der Waals surface area contributed by atoms with Crippen molar-refractivity contribution in [1.29, 1.82) is 0 Å². The summed E-state index contributed by atoms with van der Waals surface area (Å²) in [7, 11) is 1.69. The zero-order valence-electron chi connectivity index (χ0n) is 12.7. The van der Waals surface area contributed by atoms with Crippen LogP contribution in [0, 0.1) is 12.8 Å². The number of hydrogen-bond donors (Lipinski definition) is 0. The third kappa shape index (κ3) is 2.33. The molecule has 0 saturated carbocycles. The average Bonchev–Trinajstić information content (AvgIpc) is 3.07. The van der Waals surface area contributed by atoms with Crippen LogP contribution in [0.25, 0.3) is 10.2 Å². The lowest BCUT2D eigenvalue weighted by Crippen LogP contribution is -2.48. The fourth-order valence-corrected chi connectivity index (χ4v) is 3.89. The SMILES string of the molecule is COc1cccc2sc(N3CC(Cn4cc(C)cn4)C3)nc12. The van der Waals surface area contributed by atoms with Crippen molar-refractivity contribution < 1.29 is 4.74 Å². The van der Waals surface area contributed by atoms with Crippen molar-refractivity contribution in [2.24, 2.45) is 5.92 Å². The molecular formula is C16H18N4OS. The van der Waals surface area contributed by atoms with E-state index in [0.717, 1.165) is 36.0 Å². The normalized spacial score (nSPS) is 15.3. The topological polar surface area (TPSA) is 43.2 Å². The van der Waals surface area contributed by atoms with Crippen molar-refractivity contribution in [3.05, 3.63) is 36.2 Å². The Hall–Kier alpha value is -2.08. The van der Waals surface area contributed by atoms with E-state index in [4.69, 9.17) is 9.72 Å². The van der Waals surface area contributed by atoms with Crippen molar-refractivity contribution in [1.82, 2.24) is 14.8 Å². The molecule has 22 heavy (non-hydrogen) atoms. The van der Waals surface area contributed by atoms with Crippen LogP contribution in [0.3, 0.4) is 0 Å². The van der Waals surface area contributed by atoms with Gasteiger partial charge in [0.25, 0.3) is 0 Å². The van der Waals surface area contributed by atoms with Crippen LogP contribution in [-0.2, 0) is 6.54 Å². The van der Waals surface area contributed by atoms with E-state index in [0.29, 0.717) is 5.92 Å². The molecule has 0 aliphatic carbocycles. The van der Waals surface area contributed by atoms with E-state index in [-0.39, 0.29) is 0 Å². The molecule has 0 unspecified atom stereocenters. The number of ether oxygens (including phenoxy) is 1. The molecule has 1 aromatic carbocycles. The van der Waals surface area contributed by atoms with Gasteiger partial charge < -0.3 is 9.64 Å². The first-order valence-corrected chi connectivity index (χ1v) is 8.22. The van der Waals surface area contributed by atoms with Crippen LogP contribution in [0.1, 0.15) is 5.56 Å². The third-order valence-electron chi connectivity index (χ3n) is 4.03. The molecule has 6 heteroatoms. The Morgan fingerprint density at radius 2 is 2.23 bits per heavy atom. The Labute approximate surface area is 133 Å². The van der Waals surface area contributed by atoms with Gasteiger partial charge in [0.15, 0.2) is 5.13 Å². The summed E-state index contributed by atoms with van der Waals surface area (Å²) < 4.78 is 8.61. The summed E-state index contributed by atoms with van der Waals surface area (Å²) >= 11 is 1.74. The maximum atomic E-state index is 5.39. The molecule has 0 spiro atoms. The minimum absolute atomic E-state index is 0.646. The van der Waals surface area contributed by atoms with Crippen molar-refractivity contribution >= 4 is 26.7 Å². The van der Waals surface area contributed by atoms with E-state index in [9.17, 15) is 0 Å². The van der Waals surface area contributed by atoms with E-state index in [2.05, 4.69) is 29.2 Å². The van der Waals surface area contributed by atoms with Gasteiger partial charge in [0.2, 0.25) is 0 Å². The minimum atomic E-state index is 0.646. The number of anilines is 1. The van der Waals surface area contributed by atoms with Crippen LogP contribution in [0.5, 0.6) is 5.75 Å². The van der Waals surface area contributed by atoms with Crippen molar-refractivity contribution in [2.75, 3.05) is 25.1 Å². The van der Waals surface area contributed by atoms with Gasteiger partial charge >= 0.3 is 0 Å². The van der Waals surface area contributed by atoms with Crippen LogP contribution in [0.2, 0.25) is 0 Å². The number of aryl methyl sites for hydroxylation is 1. The molecule has 3 aromatic rings. The molecule has 4 rings (SSSR count). The van der Waals surface area contributed by atoms with Crippen LogP contribution in [0.4, 0.5) is 5.13 Å². The molecule has 1 aliphatic heterocycles. The lowest BCUT2D eigenvalue weighted by Gasteiger charge is -2.39. The number of aromatic nitrogens is 3. The standard InChI is InChI=1S/C16H18N4OS/c1-11-6-17-20(7-11)10-12-8-19(9-12)16-18-15-13(21-2)4-3-5-14(15)22-16/h3-7,12H,8-10H2,1-2H3. The molecule has 0 radical (unpaired) electrons. The van der Waals surface area contributed by atoms with E-state index in [1.54, 1.807) is 18.4 Å². The molecule has 0 bridgehead atoms. The summed E-state index contributed by atoms with van der Waals surface area (Å²) in [5.41, 5.74) is 2.19. The Kier molecular flexibility index (Phi) is 3.26. The Morgan fingerprint density at radius 1 is 1.36 bits per heavy atom. The van der Waals surface area contributed by atoms with Gasteiger partial charge in [-0.1, -0.05) is 17.4 Å². The maximum absolute atomic E-state index is 5.39. The Balaban J connectivity index is 1.46. The fraction of sp³-hybridized carbons (Fsp3) is 0.375. The molecule has 0 N–H and O–H groups in total. The molecule has 114 valence electrons. The minimum Gasteiger partial charge on any atom is -0.494 e. The molecule has 1 saturated heterocycles. The van der Waals surface area contributed by atoms with Gasteiger partial charge in [0.1, 0.15) is 11.3 Å². The van der Waals surface area contributed by atoms with Gasteiger partial charge in [-0.15, -0.1) is 0 Å². The summed E-state index contributed by atoms with van der Waals surface area (Å²) in [5.74, 6) is 1.50. The fourth-order valence-electron chi connectivity index (χ4n) is 2.88. The van der Waals surface area contributed by atoms with Gasteiger partial charge in [-0.25, -0.2) is 4.98 Å². The second kappa shape index (κ2) is 5.28. The Morgan fingerprint density at radius 3 is 2.95 bits per heavy atom. The largest absolute Gasteiger partial charge is 0.494 e. The van der Waals surface area contributed by atoms with Gasteiger partial charge in [0, 0.05) is 31.7 Å². The molecule has 2 aromatic heterocycles. The first-order valence-electron chi connectivity index (χ1n) is 7.40. The number of benzene rings is 1. The van der Waals surface area contributed by atoms with Crippen LogP contribution in [0.15, 0.2) is 30.6 Å². The summed E-state index contributed by atoms with van der Waals surface area (Å²) in [6, 6.07) is 6.08. The molecule has 5 nitrogen and oxygen atoms in total. The van der Waals surface area contributed by atoms with Crippen LogP contribution in [-0.4, -0.2) is 35.0 Å². The summed E-state index contributed by atoms with van der Waals surface area (Å²) in [4.78, 5) is 7.09. The monoisotopic (exact) mass is 314 g/mol. The number of nitrogens with zero attached hydrogens (tertiary/aromatic N) is 4. The highest BCUT2D eigenvalue weighted by Gasteiger charge is 2.29. The molecule has 0 amide bonds.